The van der Waals surface area contributed by atoms with Gasteiger partial charge in [0.2, 0.25) is 0 Å². The predicted octanol–water partition coefficient (Wildman–Crippen LogP) is 1.64. The largest absolute Gasteiger partial charge is 0.376 e. The second-order valence-electron chi connectivity index (χ2n) is 2.35. The van der Waals surface area contributed by atoms with Crippen LogP contribution in [0.5, 0.6) is 0 Å². The fourth-order valence-electron chi connectivity index (χ4n) is 0.807. The molecule has 1 heterocycles. The first-order chi connectivity index (χ1) is 4.83. The van der Waals surface area contributed by atoms with Gasteiger partial charge in [0.25, 0.3) is 0 Å². The van der Waals surface area contributed by atoms with Gasteiger partial charge in [0.1, 0.15) is 5.60 Å². The zero-order chi connectivity index (χ0) is 7.45. The first-order valence-electron chi connectivity index (χ1n) is 3.17. The maximum Gasteiger partial charge on any atom is 0.109 e. The highest BCUT2D eigenvalue weighted by atomic mass is 127. The van der Waals surface area contributed by atoms with Crippen molar-refractivity contribution < 1.29 is 9.47 Å². The standard InChI is InChI=1S/C6H10I2O2/c7-3-6(4-8)5-9-1-2-10-6/h1-5H2. The van der Waals surface area contributed by atoms with Gasteiger partial charge in [-0.25, -0.2) is 0 Å². The van der Waals surface area contributed by atoms with E-state index in [1.807, 2.05) is 0 Å². The minimum atomic E-state index is 0.0133. The van der Waals surface area contributed by atoms with Crippen molar-refractivity contribution in [2.45, 2.75) is 5.60 Å². The van der Waals surface area contributed by atoms with Gasteiger partial charge in [0.05, 0.1) is 19.8 Å². The average molecular weight is 368 g/mol. The molecular weight excluding hydrogens is 358 g/mol. The molecule has 0 bridgehead atoms. The molecule has 60 valence electrons. The van der Waals surface area contributed by atoms with E-state index in [1.54, 1.807) is 0 Å². The number of rotatable bonds is 2. The molecule has 4 heteroatoms. The van der Waals surface area contributed by atoms with E-state index in [0.717, 1.165) is 28.7 Å². The van der Waals surface area contributed by atoms with Crippen LogP contribution in [0.3, 0.4) is 0 Å². The van der Waals surface area contributed by atoms with E-state index in [-0.39, 0.29) is 5.60 Å². The highest BCUT2D eigenvalue weighted by molar-refractivity contribution is 14.1. The Bertz CT molecular complexity index is 95.9. The third-order valence-electron chi connectivity index (χ3n) is 1.49. The molecule has 0 unspecified atom stereocenters. The van der Waals surface area contributed by atoms with Gasteiger partial charge in [0, 0.05) is 8.86 Å². The highest BCUT2D eigenvalue weighted by Crippen LogP contribution is 2.21. The molecule has 1 aliphatic heterocycles. The van der Waals surface area contributed by atoms with Crippen LogP contribution in [0, 0.1) is 0 Å². The average Bonchev–Trinajstić information content (AvgIpc) is 2.06. The van der Waals surface area contributed by atoms with Crippen molar-refractivity contribution in [3.63, 3.8) is 0 Å². The molecule has 1 saturated heterocycles. The van der Waals surface area contributed by atoms with Crippen LogP contribution in [0.1, 0.15) is 0 Å². The zero-order valence-corrected chi connectivity index (χ0v) is 9.92. The lowest BCUT2D eigenvalue weighted by molar-refractivity contribution is -0.129. The summed E-state index contributed by atoms with van der Waals surface area (Å²) in [6.45, 7) is 2.28. The van der Waals surface area contributed by atoms with Gasteiger partial charge >= 0.3 is 0 Å². The molecule has 0 aromatic rings. The van der Waals surface area contributed by atoms with Crippen molar-refractivity contribution in [2.75, 3.05) is 28.7 Å². The monoisotopic (exact) mass is 368 g/mol. The molecule has 0 radical (unpaired) electrons. The summed E-state index contributed by atoms with van der Waals surface area (Å²) >= 11 is 4.70. The van der Waals surface area contributed by atoms with Crippen LogP contribution in [0.4, 0.5) is 0 Å². The summed E-state index contributed by atoms with van der Waals surface area (Å²) in [6, 6.07) is 0. The van der Waals surface area contributed by atoms with E-state index in [4.69, 9.17) is 9.47 Å². The quantitative estimate of drug-likeness (QED) is 0.545. The van der Waals surface area contributed by atoms with Crippen LogP contribution in [0.25, 0.3) is 0 Å². The SMILES string of the molecule is ICC1(CI)COCCO1. The molecule has 0 aliphatic carbocycles. The maximum absolute atomic E-state index is 5.62. The van der Waals surface area contributed by atoms with Crippen molar-refractivity contribution in [1.82, 2.24) is 0 Å². The second-order valence-corrected chi connectivity index (χ2v) is 3.88. The minimum Gasteiger partial charge on any atom is -0.376 e. The molecule has 0 atom stereocenters. The van der Waals surface area contributed by atoms with Crippen LogP contribution in [0.2, 0.25) is 0 Å². The van der Waals surface area contributed by atoms with E-state index in [9.17, 15) is 0 Å². The van der Waals surface area contributed by atoms with Crippen molar-refractivity contribution in [3.8, 4) is 0 Å². The predicted molar refractivity (Wildman–Crippen MR) is 57.3 cm³/mol. The van der Waals surface area contributed by atoms with Gasteiger partial charge in [-0.3, -0.25) is 0 Å². The van der Waals surface area contributed by atoms with Crippen LogP contribution in [-0.2, 0) is 9.47 Å². The smallest absolute Gasteiger partial charge is 0.109 e. The van der Waals surface area contributed by atoms with E-state index in [1.165, 1.54) is 0 Å². The van der Waals surface area contributed by atoms with Crippen LogP contribution < -0.4 is 0 Å². The van der Waals surface area contributed by atoms with E-state index in [2.05, 4.69) is 45.2 Å². The van der Waals surface area contributed by atoms with E-state index < -0.39 is 0 Å². The highest BCUT2D eigenvalue weighted by Gasteiger charge is 2.31. The third kappa shape index (κ3) is 2.18. The molecule has 10 heavy (non-hydrogen) atoms. The Balaban J connectivity index is 2.44. The zero-order valence-electron chi connectivity index (χ0n) is 5.61. The molecule has 0 aromatic heterocycles. The Hall–Kier alpha value is 1.38. The van der Waals surface area contributed by atoms with Gasteiger partial charge in [-0.2, -0.15) is 0 Å². The Kier molecular flexibility index (Phi) is 4.18. The summed E-state index contributed by atoms with van der Waals surface area (Å²) in [5, 5.41) is 0. The van der Waals surface area contributed by atoms with Gasteiger partial charge < -0.3 is 9.47 Å². The number of halogens is 2. The molecule has 2 nitrogen and oxygen atoms in total. The molecule has 1 rings (SSSR count). The molecule has 0 N–H and O–H groups in total. The van der Waals surface area contributed by atoms with Crippen molar-refractivity contribution in [3.05, 3.63) is 0 Å². The lowest BCUT2D eigenvalue weighted by Gasteiger charge is -2.33. The number of alkyl halides is 2. The Morgan fingerprint density at radius 2 is 1.90 bits per heavy atom. The molecule has 0 amide bonds. The van der Waals surface area contributed by atoms with Gasteiger partial charge in [-0.05, 0) is 0 Å². The summed E-state index contributed by atoms with van der Waals surface area (Å²) in [6.07, 6.45) is 0. The first-order valence-corrected chi connectivity index (χ1v) is 6.22. The first kappa shape index (κ1) is 9.47. The normalized spacial score (nSPS) is 24.6. The molecule has 1 fully saturated rings. The summed E-state index contributed by atoms with van der Waals surface area (Å²) < 4.78 is 13.0. The topological polar surface area (TPSA) is 18.5 Å². The fraction of sp³-hybridized carbons (Fsp3) is 1.00. The maximum atomic E-state index is 5.62. The molecule has 1 aliphatic rings. The van der Waals surface area contributed by atoms with Crippen molar-refractivity contribution in [1.29, 1.82) is 0 Å². The Morgan fingerprint density at radius 3 is 2.20 bits per heavy atom. The molecular formula is C6H10I2O2. The fourth-order valence-corrected chi connectivity index (χ4v) is 3.26. The Labute approximate surface area is 88.3 Å². The van der Waals surface area contributed by atoms with Crippen LogP contribution in [-0.4, -0.2) is 34.3 Å². The lowest BCUT2D eigenvalue weighted by atomic mass is 10.1. The molecule has 0 aromatic carbocycles. The minimum absolute atomic E-state index is 0.0133. The van der Waals surface area contributed by atoms with Crippen molar-refractivity contribution >= 4 is 45.2 Å². The van der Waals surface area contributed by atoms with E-state index >= 15 is 0 Å². The summed E-state index contributed by atoms with van der Waals surface area (Å²) in [5.41, 5.74) is 0.0133. The summed E-state index contributed by atoms with van der Waals surface area (Å²) in [4.78, 5) is 0. The van der Waals surface area contributed by atoms with Gasteiger partial charge in [0.15, 0.2) is 0 Å². The van der Waals surface area contributed by atoms with Gasteiger partial charge in [-0.15, -0.1) is 0 Å². The number of ether oxygens (including phenoxy) is 2. The second kappa shape index (κ2) is 4.42. The van der Waals surface area contributed by atoms with Crippen LogP contribution in [0.15, 0.2) is 0 Å². The summed E-state index contributed by atoms with van der Waals surface area (Å²) in [7, 11) is 0. The molecule has 0 spiro atoms. The number of hydrogen-bond acceptors (Lipinski definition) is 2. The van der Waals surface area contributed by atoms with Crippen LogP contribution >= 0.6 is 45.2 Å². The third-order valence-corrected chi connectivity index (χ3v) is 4.27. The Morgan fingerprint density at radius 1 is 1.20 bits per heavy atom. The molecule has 0 saturated carbocycles. The van der Waals surface area contributed by atoms with Crippen molar-refractivity contribution in [2.24, 2.45) is 0 Å². The number of hydrogen-bond donors (Lipinski definition) is 0. The summed E-state index contributed by atoms with van der Waals surface area (Å²) in [5.74, 6) is 0. The van der Waals surface area contributed by atoms with Gasteiger partial charge in [-0.1, -0.05) is 45.2 Å². The lowest BCUT2D eigenvalue weighted by Crippen LogP contribution is -2.46. The van der Waals surface area contributed by atoms with E-state index in [0.29, 0.717) is 0 Å².